The fraction of sp³-hybridized carbons (Fsp3) is 0.375. The quantitative estimate of drug-likeness (QED) is 0.408. The Bertz CT molecular complexity index is 1550. The summed E-state index contributed by atoms with van der Waals surface area (Å²) in [5.41, 5.74) is 3.43. The number of fused-ring (bicyclic) bond motifs is 1. The third kappa shape index (κ3) is 4.16. The maximum absolute atomic E-state index is 13.0. The summed E-state index contributed by atoms with van der Waals surface area (Å²) in [6.45, 7) is 2.63. The van der Waals surface area contributed by atoms with Gasteiger partial charge in [-0.25, -0.2) is 12.9 Å². The van der Waals surface area contributed by atoms with E-state index in [1.807, 2.05) is 43.3 Å². The molecule has 4 heterocycles. The molecule has 1 aliphatic carbocycles. The monoisotopic (exact) mass is 506 g/mol. The predicted molar refractivity (Wildman–Crippen MR) is 133 cm³/mol. The minimum Gasteiger partial charge on any atom is -0.322 e. The molecule has 1 saturated heterocycles. The van der Waals surface area contributed by atoms with Crippen LogP contribution in [0.2, 0.25) is 0 Å². The largest absolute Gasteiger partial charge is 0.322 e. The van der Waals surface area contributed by atoms with Crippen LogP contribution in [0.3, 0.4) is 0 Å². The lowest BCUT2D eigenvalue weighted by Gasteiger charge is -2.38. The summed E-state index contributed by atoms with van der Waals surface area (Å²) in [6, 6.07) is 11.0. The lowest BCUT2D eigenvalue weighted by atomic mass is 9.87. The number of sulfonamides is 1. The van der Waals surface area contributed by atoms with Crippen LogP contribution in [0.1, 0.15) is 41.2 Å². The van der Waals surface area contributed by atoms with Gasteiger partial charge in [0.15, 0.2) is 0 Å². The first-order valence-corrected chi connectivity index (χ1v) is 13.6. The van der Waals surface area contributed by atoms with Crippen LogP contribution in [0.4, 0.5) is 5.69 Å². The molecule has 0 atom stereocenters. The van der Waals surface area contributed by atoms with Gasteiger partial charge in [0.2, 0.25) is 15.8 Å². The summed E-state index contributed by atoms with van der Waals surface area (Å²) in [7, 11) is -3.23. The molecule has 2 fully saturated rings. The molecule has 0 spiro atoms. The van der Waals surface area contributed by atoms with Gasteiger partial charge in [-0.05, 0) is 54.7 Å². The first-order chi connectivity index (χ1) is 17.4. The molecular formula is C24H26N8O3S. The number of carbonyl (C=O) groups excluding carboxylic acids is 1. The van der Waals surface area contributed by atoms with Gasteiger partial charge >= 0.3 is 0 Å². The van der Waals surface area contributed by atoms with E-state index in [0.29, 0.717) is 41.6 Å². The maximum atomic E-state index is 13.0. The number of pyridine rings is 1. The number of hydrogen-bond donors (Lipinski definition) is 1. The molecule has 1 amide bonds. The highest BCUT2D eigenvalue weighted by atomic mass is 32.2. The third-order valence-corrected chi connectivity index (χ3v) is 9.04. The topological polar surface area (TPSA) is 127 Å². The van der Waals surface area contributed by atoms with Crippen molar-refractivity contribution >= 4 is 27.1 Å². The molecule has 0 bridgehead atoms. The fourth-order valence-corrected chi connectivity index (χ4v) is 6.48. The maximum Gasteiger partial charge on any atom is 0.259 e. The molecule has 6 rings (SSSR count). The predicted octanol–water partition coefficient (Wildman–Crippen LogP) is 2.54. The third-order valence-electron chi connectivity index (χ3n) is 7.06. The molecule has 3 aromatic heterocycles. The zero-order valence-electron chi connectivity index (χ0n) is 19.8. The number of hydrogen-bond acceptors (Lipinski definition) is 7. The Morgan fingerprint density at radius 2 is 2.00 bits per heavy atom. The molecular weight excluding hydrogens is 480 g/mol. The number of carbonyl (C=O) groups is 1. The fourth-order valence-electron chi connectivity index (χ4n) is 4.54. The molecule has 0 unspecified atom stereocenters. The van der Waals surface area contributed by atoms with Crippen molar-refractivity contribution in [1.82, 2.24) is 34.1 Å². The number of amides is 1. The standard InChI is InChI=1S/C24H26N8O3S/c1-16-8-9-18(11-21(16)26-24(33)20-12-25-31-10-3-2-7-22(20)31)23-27-29-32(28-23)19-13-30(14-19)36(34,35)15-17-5-4-6-17/h2-3,7-12,17,19H,4-6,13-15H2,1H3,(H,26,33). The highest BCUT2D eigenvalue weighted by Gasteiger charge is 2.40. The van der Waals surface area contributed by atoms with E-state index >= 15 is 0 Å². The Labute approximate surface area is 208 Å². The minimum atomic E-state index is -3.23. The number of aromatic nitrogens is 6. The van der Waals surface area contributed by atoms with Crippen molar-refractivity contribution in [3.05, 3.63) is 59.9 Å². The average molecular weight is 507 g/mol. The van der Waals surface area contributed by atoms with E-state index in [9.17, 15) is 13.2 Å². The summed E-state index contributed by atoms with van der Waals surface area (Å²) in [6.07, 6.45) is 6.47. The van der Waals surface area contributed by atoms with Crippen molar-refractivity contribution in [3.8, 4) is 11.4 Å². The zero-order valence-corrected chi connectivity index (χ0v) is 20.6. The molecule has 1 aliphatic heterocycles. The van der Waals surface area contributed by atoms with Crippen LogP contribution < -0.4 is 5.32 Å². The molecule has 12 heteroatoms. The van der Waals surface area contributed by atoms with Crippen LogP contribution in [0, 0.1) is 12.8 Å². The van der Waals surface area contributed by atoms with Gasteiger partial charge in [0.25, 0.3) is 5.91 Å². The van der Waals surface area contributed by atoms with Gasteiger partial charge in [-0.2, -0.15) is 14.2 Å². The summed E-state index contributed by atoms with van der Waals surface area (Å²) >= 11 is 0. The minimum absolute atomic E-state index is 0.136. The summed E-state index contributed by atoms with van der Waals surface area (Å²) < 4.78 is 28.3. The van der Waals surface area contributed by atoms with E-state index < -0.39 is 10.0 Å². The molecule has 2 aliphatic rings. The second-order valence-corrected chi connectivity index (χ2v) is 11.6. The van der Waals surface area contributed by atoms with Crippen molar-refractivity contribution in [2.75, 3.05) is 24.2 Å². The zero-order chi connectivity index (χ0) is 24.9. The molecule has 1 saturated carbocycles. The van der Waals surface area contributed by atoms with Crippen LogP contribution in [-0.4, -0.2) is 67.3 Å². The Kier molecular flexibility index (Phi) is 5.56. The van der Waals surface area contributed by atoms with Gasteiger partial charge in [-0.3, -0.25) is 4.79 Å². The van der Waals surface area contributed by atoms with E-state index in [1.165, 1.54) is 9.10 Å². The molecule has 186 valence electrons. The number of tetrazole rings is 1. The Balaban J connectivity index is 1.15. The second-order valence-electron chi connectivity index (χ2n) is 9.55. The number of rotatable bonds is 7. The van der Waals surface area contributed by atoms with Gasteiger partial charge in [0, 0.05) is 30.5 Å². The van der Waals surface area contributed by atoms with Crippen LogP contribution in [0.15, 0.2) is 48.8 Å². The second kappa shape index (κ2) is 8.79. The Hall–Kier alpha value is -3.64. The highest BCUT2D eigenvalue weighted by Crippen LogP contribution is 2.31. The Morgan fingerprint density at radius 1 is 1.17 bits per heavy atom. The molecule has 1 aromatic carbocycles. The number of nitrogens with zero attached hydrogens (tertiary/aromatic N) is 7. The number of aryl methyl sites for hydroxylation is 1. The SMILES string of the molecule is Cc1ccc(-c2nnn(C3CN(S(=O)(=O)CC4CCC4)C3)n2)cc1NC(=O)c1cnn2ccccc12. The first-order valence-electron chi connectivity index (χ1n) is 12.0. The highest BCUT2D eigenvalue weighted by molar-refractivity contribution is 7.89. The van der Waals surface area contributed by atoms with Crippen LogP contribution in [0.5, 0.6) is 0 Å². The van der Waals surface area contributed by atoms with Crippen LogP contribution in [0.25, 0.3) is 16.9 Å². The first kappa shape index (κ1) is 22.8. The molecule has 0 radical (unpaired) electrons. The van der Waals surface area contributed by atoms with Crippen molar-refractivity contribution in [2.24, 2.45) is 5.92 Å². The number of anilines is 1. The van der Waals surface area contributed by atoms with Gasteiger partial charge < -0.3 is 5.32 Å². The van der Waals surface area contributed by atoms with Crippen LogP contribution >= 0.6 is 0 Å². The summed E-state index contributed by atoms with van der Waals surface area (Å²) in [5.74, 6) is 0.695. The lowest BCUT2D eigenvalue weighted by molar-refractivity contribution is 0.102. The number of nitrogens with one attached hydrogen (secondary N) is 1. The summed E-state index contributed by atoms with van der Waals surface area (Å²) in [5, 5.41) is 20.0. The van der Waals surface area contributed by atoms with E-state index in [-0.39, 0.29) is 17.7 Å². The van der Waals surface area contributed by atoms with Crippen molar-refractivity contribution < 1.29 is 13.2 Å². The molecule has 11 nitrogen and oxygen atoms in total. The van der Waals surface area contributed by atoms with Gasteiger partial charge in [0.05, 0.1) is 23.0 Å². The normalized spacial score (nSPS) is 17.1. The van der Waals surface area contributed by atoms with Crippen molar-refractivity contribution in [1.29, 1.82) is 0 Å². The van der Waals surface area contributed by atoms with E-state index in [1.54, 1.807) is 16.9 Å². The van der Waals surface area contributed by atoms with Crippen molar-refractivity contribution in [2.45, 2.75) is 32.2 Å². The Morgan fingerprint density at radius 3 is 2.78 bits per heavy atom. The summed E-state index contributed by atoms with van der Waals surface area (Å²) in [4.78, 5) is 14.5. The van der Waals surface area contributed by atoms with Crippen LogP contribution in [-0.2, 0) is 10.0 Å². The van der Waals surface area contributed by atoms with Gasteiger partial charge in [-0.15, -0.1) is 10.2 Å². The van der Waals surface area contributed by atoms with E-state index in [2.05, 4.69) is 25.8 Å². The lowest BCUT2D eigenvalue weighted by Crippen LogP contribution is -2.52. The average Bonchev–Trinajstić information content (AvgIpc) is 3.44. The smallest absolute Gasteiger partial charge is 0.259 e. The van der Waals surface area contributed by atoms with Gasteiger partial charge in [0.1, 0.15) is 6.04 Å². The molecule has 1 N–H and O–H groups in total. The molecule has 36 heavy (non-hydrogen) atoms. The van der Waals surface area contributed by atoms with Crippen molar-refractivity contribution in [3.63, 3.8) is 0 Å². The van der Waals surface area contributed by atoms with E-state index in [0.717, 1.165) is 30.3 Å². The number of benzene rings is 1. The molecule has 4 aromatic rings. The van der Waals surface area contributed by atoms with Gasteiger partial charge in [-0.1, -0.05) is 24.6 Å². The van der Waals surface area contributed by atoms with E-state index in [4.69, 9.17) is 0 Å².